The zero-order chi connectivity index (χ0) is 16.2. The van der Waals surface area contributed by atoms with Gasteiger partial charge >= 0.3 is 0 Å². The fourth-order valence-electron chi connectivity index (χ4n) is 2.52. The summed E-state index contributed by atoms with van der Waals surface area (Å²) in [6.07, 6.45) is 0.978. The second kappa shape index (κ2) is 7.21. The summed E-state index contributed by atoms with van der Waals surface area (Å²) in [6.45, 7) is 2.70. The van der Waals surface area contributed by atoms with Crippen molar-refractivity contribution in [2.24, 2.45) is 0 Å². The van der Waals surface area contributed by atoms with Gasteiger partial charge in [-0.1, -0.05) is 18.2 Å². The van der Waals surface area contributed by atoms with Crippen molar-refractivity contribution in [3.63, 3.8) is 0 Å². The molecule has 2 atom stereocenters. The van der Waals surface area contributed by atoms with E-state index in [-0.39, 0.29) is 16.8 Å². The number of methoxy groups -OCH3 is 1. The van der Waals surface area contributed by atoms with Crippen molar-refractivity contribution in [2.45, 2.75) is 36.8 Å². The van der Waals surface area contributed by atoms with Crippen LogP contribution in [0.15, 0.2) is 35.2 Å². The van der Waals surface area contributed by atoms with E-state index < -0.39 is 16.1 Å². The monoisotopic (exact) mass is 326 g/mol. The molecule has 0 radical (unpaired) electrons. The Morgan fingerprint density at radius 1 is 1.36 bits per heavy atom. The molecular weight excluding hydrogens is 304 g/mol. The highest BCUT2D eigenvalue weighted by atomic mass is 32.2. The Balaban J connectivity index is 2.03. The molecule has 1 aromatic carbocycles. The van der Waals surface area contributed by atoms with Gasteiger partial charge in [-0.2, -0.15) is 0 Å². The number of hydrogen-bond donors (Lipinski definition) is 1. The average molecular weight is 326 g/mol. The molecule has 6 nitrogen and oxygen atoms in total. The van der Waals surface area contributed by atoms with Crippen LogP contribution in [0.1, 0.15) is 19.8 Å². The van der Waals surface area contributed by atoms with E-state index in [9.17, 15) is 13.2 Å². The number of sulfonamides is 1. The lowest BCUT2D eigenvalue weighted by Gasteiger charge is -2.34. The molecule has 0 unspecified atom stereocenters. The Kier molecular flexibility index (Phi) is 5.55. The van der Waals surface area contributed by atoms with Crippen molar-refractivity contribution in [3.05, 3.63) is 30.3 Å². The van der Waals surface area contributed by atoms with Crippen LogP contribution in [0.5, 0.6) is 0 Å². The van der Waals surface area contributed by atoms with Gasteiger partial charge in [0.15, 0.2) is 0 Å². The van der Waals surface area contributed by atoms with E-state index in [2.05, 4.69) is 4.72 Å². The lowest BCUT2D eigenvalue weighted by Crippen LogP contribution is -2.51. The predicted molar refractivity (Wildman–Crippen MR) is 82.8 cm³/mol. The third-order valence-electron chi connectivity index (χ3n) is 3.81. The van der Waals surface area contributed by atoms with E-state index in [1.54, 1.807) is 42.2 Å². The predicted octanol–water partition coefficient (Wildman–Crippen LogP) is 0.991. The van der Waals surface area contributed by atoms with Gasteiger partial charge in [0.25, 0.3) is 5.91 Å². The number of rotatable bonds is 5. The zero-order valence-corrected chi connectivity index (χ0v) is 13.7. The summed E-state index contributed by atoms with van der Waals surface area (Å²) in [5, 5.41) is 0. The number of hydrogen-bond acceptors (Lipinski definition) is 4. The van der Waals surface area contributed by atoms with Gasteiger partial charge in [0, 0.05) is 26.2 Å². The first-order chi connectivity index (χ1) is 10.4. The SMILES string of the molecule is CO[C@@H](C)C(=O)N1CCC[C@H](NS(=O)(=O)c2ccccc2)C1. The number of ether oxygens (including phenoxy) is 1. The molecule has 1 fully saturated rings. The first-order valence-corrected chi connectivity index (χ1v) is 8.81. The van der Waals surface area contributed by atoms with Gasteiger partial charge in [0.1, 0.15) is 6.10 Å². The van der Waals surface area contributed by atoms with Gasteiger partial charge in [-0.25, -0.2) is 13.1 Å². The normalized spacial score (nSPS) is 20.6. The van der Waals surface area contributed by atoms with Gasteiger partial charge in [-0.05, 0) is 31.9 Å². The Morgan fingerprint density at radius 2 is 2.05 bits per heavy atom. The van der Waals surface area contributed by atoms with Gasteiger partial charge in [-0.3, -0.25) is 4.79 Å². The summed E-state index contributed by atoms with van der Waals surface area (Å²) >= 11 is 0. The Labute approximate surface area is 131 Å². The average Bonchev–Trinajstić information content (AvgIpc) is 2.54. The number of nitrogens with zero attached hydrogens (tertiary/aromatic N) is 1. The summed E-state index contributed by atoms with van der Waals surface area (Å²) < 4.78 is 32.4. The molecular formula is C15H22N2O4S. The lowest BCUT2D eigenvalue weighted by atomic mass is 10.1. The van der Waals surface area contributed by atoms with Gasteiger partial charge in [0.05, 0.1) is 4.90 Å². The van der Waals surface area contributed by atoms with E-state index in [4.69, 9.17) is 4.74 Å². The van der Waals surface area contributed by atoms with Crippen LogP contribution in [-0.2, 0) is 19.6 Å². The summed E-state index contributed by atoms with van der Waals surface area (Å²) in [4.78, 5) is 14.0. The third kappa shape index (κ3) is 4.06. The summed E-state index contributed by atoms with van der Waals surface area (Å²) in [7, 11) is -2.07. The van der Waals surface area contributed by atoms with E-state index in [0.29, 0.717) is 13.1 Å². The van der Waals surface area contributed by atoms with Crippen molar-refractivity contribution >= 4 is 15.9 Å². The molecule has 0 spiro atoms. The fraction of sp³-hybridized carbons (Fsp3) is 0.533. The molecule has 1 heterocycles. The number of carbonyl (C=O) groups excluding carboxylic acids is 1. The molecule has 1 saturated heterocycles. The van der Waals surface area contributed by atoms with Crippen molar-refractivity contribution in [2.75, 3.05) is 20.2 Å². The zero-order valence-electron chi connectivity index (χ0n) is 12.9. The Hall–Kier alpha value is -1.44. The second-order valence-electron chi connectivity index (χ2n) is 5.44. The molecule has 2 rings (SSSR count). The summed E-state index contributed by atoms with van der Waals surface area (Å²) in [5.41, 5.74) is 0. The van der Waals surface area contributed by atoms with E-state index in [1.807, 2.05) is 0 Å². The van der Waals surface area contributed by atoms with Crippen molar-refractivity contribution in [1.29, 1.82) is 0 Å². The first kappa shape index (κ1) is 16.9. The molecule has 22 heavy (non-hydrogen) atoms. The molecule has 1 amide bonds. The number of piperidine rings is 1. The lowest BCUT2D eigenvalue weighted by molar-refractivity contribution is -0.142. The molecule has 0 aliphatic carbocycles. The quantitative estimate of drug-likeness (QED) is 0.875. The van der Waals surface area contributed by atoms with Crippen LogP contribution in [-0.4, -0.2) is 51.6 Å². The first-order valence-electron chi connectivity index (χ1n) is 7.33. The number of amides is 1. The van der Waals surface area contributed by atoms with E-state index >= 15 is 0 Å². The smallest absolute Gasteiger partial charge is 0.251 e. The number of likely N-dealkylation sites (tertiary alicyclic amines) is 1. The molecule has 0 aromatic heterocycles. The number of nitrogens with one attached hydrogen (secondary N) is 1. The van der Waals surface area contributed by atoms with Crippen LogP contribution in [0, 0.1) is 0 Å². The van der Waals surface area contributed by atoms with Crippen LogP contribution < -0.4 is 4.72 Å². The minimum Gasteiger partial charge on any atom is -0.372 e. The Bertz CT molecular complexity index is 603. The maximum Gasteiger partial charge on any atom is 0.251 e. The molecule has 0 saturated carbocycles. The highest BCUT2D eigenvalue weighted by Crippen LogP contribution is 2.15. The van der Waals surface area contributed by atoms with E-state index in [0.717, 1.165) is 12.8 Å². The molecule has 1 aliphatic heterocycles. The van der Waals surface area contributed by atoms with Gasteiger partial charge < -0.3 is 9.64 Å². The van der Waals surface area contributed by atoms with Crippen LogP contribution in [0.2, 0.25) is 0 Å². The van der Waals surface area contributed by atoms with Crippen LogP contribution >= 0.6 is 0 Å². The maximum atomic E-state index is 12.3. The van der Waals surface area contributed by atoms with Gasteiger partial charge in [-0.15, -0.1) is 0 Å². The van der Waals surface area contributed by atoms with E-state index in [1.165, 1.54) is 7.11 Å². The third-order valence-corrected chi connectivity index (χ3v) is 5.35. The summed E-state index contributed by atoms with van der Waals surface area (Å²) in [6, 6.07) is 7.98. The van der Waals surface area contributed by atoms with Crippen molar-refractivity contribution < 1.29 is 17.9 Å². The highest BCUT2D eigenvalue weighted by molar-refractivity contribution is 7.89. The molecule has 122 valence electrons. The molecule has 1 aliphatic rings. The van der Waals surface area contributed by atoms with Crippen molar-refractivity contribution in [1.82, 2.24) is 9.62 Å². The Morgan fingerprint density at radius 3 is 2.68 bits per heavy atom. The number of carbonyl (C=O) groups is 1. The van der Waals surface area contributed by atoms with Crippen LogP contribution in [0.25, 0.3) is 0 Å². The second-order valence-corrected chi connectivity index (χ2v) is 7.15. The van der Waals surface area contributed by atoms with Crippen molar-refractivity contribution in [3.8, 4) is 0 Å². The van der Waals surface area contributed by atoms with Crippen LogP contribution in [0.4, 0.5) is 0 Å². The highest BCUT2D eigenvalue weighted by Gasteiger charge is 2.29. The minimum atomic E-state index is -3.55. The molecule has 7 heteroatoms. The summed E-state index contributed by atoms with van der Waals surface area (Å²) in [5.74, 6) is -0.105. The topological polar surface area (TPSA) is 75.7 Å². The van der Waals surface area contributed by atoms with Crippen LogP contribution in [0.3, 0.4) is 0 Å². The standard InChI is InChI=1S/C15H22N2O4S/c1-12(21-2)15(18)17-10-6-7-13(11-17)16-22(19,20)14-8-4-3-5-9-14/h3-5,8-9,12-13,16H,6-7,10-11H2,1-2H3/t12-,13-/m0/s1. The molecule has 1 N–H and O–H groups in total. The number of benzene rings is 1. The fourth-order valence-corrected chi connectivity index (χ4v) is 3.80. The molecule has 1 aromatic rings. The maximum absolute atomic E-state index is 12.3. The largest absolute Gasteiger partial charge is 0.372 e. The minimum absolute atomic E-state index is 0.105. The molecule has 0 bridgehead atoms. The van der Waals surface area contributed by atoms with Gasteiger partial charge in [0.2, 0.25) is 10.0 Å².